The maximum atomic E-state index is 13.0. The van der Waals surface area contributed by atoms with Gasteiger partial charge >= 0.3 is 0 Å². The molecule has 2 saturated carbocycles. The number of aliphatic hydroxyl groups is 1. The third kappa shape index (κ3) is 4.94. The Morgan fingerprint density at radius 3 is 2.39 bits per heavy atom. The van der Waals surface area contributed by atoms with Crippen LogP contribution in [0.2, 0.25) is 0 Å². The lowest BCUT2D eigenvalue weighted by Crippen LogP contribution is -2.58. The van der Waals surface area contributed by atoms with Crippen LogP contribution in [0, 0.1) is 40.4 Å². The second-order valence-electron chi connectivity index (χ2n) is 10.3. The van der Waals surface area contributed by atoms with Crippen molar-refractivity contribution in [1.82, 2.24) is 10.2 Å². The summed E-state index contributed by atoms with van der Waals surface area (Å²) < 4.78 is 0. The molecule has 0 heterocycles. The molecule has 2 N–H and O–H groups in total. The Balaban J connectivity index is 1.75. The maximum Gasteiger partial charge on any atom is 0.251 e. The van der Waals surface area contributed by atoms with Gasteiger partial charge < -0.3 is 15.3 Å². The summed E-state index contributed by atoms with van der Waals surface area (Å²) in [7, 11) is 0. The van der Waals surface area contributed by atoms with Gasteiger partial charge in [-0.1, -0.05) is 20.8 Å². The number of nitrogens with zero attached hydrogens (tertiary/aromatic N) is 2. The molecule has 2 amide bonds. The van der Waals surface area contributed by atoms with Crippen molar-refractivity contribution < 1.29 is 14.7 Å². The third-order valence-electron chi connectivity index (χ3n) is 8.59. The largest absolute Gasteiger partial charge is 0.392 e. The summed E-state index contributed by atoms with van der Waals surface area (Å²) in [6.07, 6.45) is 3.11. The molecule has 0 saturated heterocycles. The Hall–Kier alpha value is -2.39. The number of carbonyl (C=O) groups is 2. The van der Waals surface area contributed by atoms with Crippen LogP contribution in [0.5, 0.6) is 0 Å². The lowest BCUT2D eigenvalue weighted by molar-refractivity contribution is -0.149. The summed E-state index contributed by atoms with van der Waals surface area (Å²) in [6.45, 7) is 11.7. The average molecular weight is 454 g/mol. The highest BCUT2D eigenvalue weighted by Crippen LogP contribution is 2.55. The molecule has 0 radical (unpaired) electrons. The Kier molecular flexibility index (Phi) is 7.84. The maximum absolute atomic E-state index is 13.0. The zero-order valence-corrected chi connectivity index (χ0v) is 20.7. The van der Waals surface area contributed by atoms with Crippen molar-refractivity contribution in [3.05, 3.63) is 35.4 Å². The van der Waals surface area contributed by atoms with Gasteiger partial charge in [-0.2, -0.15) is 5.26 Å². The van der Waals surface area contributed by atoms with E-state index in [2.05, 4.69) is 25.2 Å². The van der Waals surface area contributed by atoms with Crippen molar-refractivity contribution in [1.29, 1.82) is 5.26 Å². The van der Waals surface area contributed by atoms with Crippen molar-refractivity contribution in [2.45, 2.75) is 72.4 Å². The van der Waals surface area contributed by atoms with Crippen LogP contribution in [0.25, 0.3) is 0 Å². The van der Waals surface area contributed by atoms with Crippen LogP contribution in [-0.2, 0) is 4.79 Å². The molecule has 6 heteroatoms. The van der Waals surface area contributed by atoms with Gasteiger partial charge in [0.15, 0.2) is 0 Å². The first-order valence-electron chi connectivity index (χ1n) is 12.4. The molecule has 0 spiro atoms. The molecule has 2 aliphatic carbocycles. The predicted molar refractivity (Wildman–Crippen MR) is 128 cm³/mol. The SMILES string of the molecule is CCN(CC)C(=O)[C@@H](C)[C@@H]1CC[C@]2(C)CC[C@H](NC(=O)c3ccc(C#N)cc3)[C@@H](C)[C@@H]2[C@H]1O. The highest BCUT2D eigenvalue weighted by atomic mass is 16.3. The molecular weight excluding hydrogens is 414 g/mol. The predicted octanol–water partition coefficient (Wildman–Crippen LogP) is 3.98. The number of rotatable bonds is 6. The fraction of sp³-hybridized carbons (Fsp3) is 0.667. The Labute approximate surface area is 198 Å². The number of aliphatic hydroxyl groups excluding tert-OH is 1. The molecule has 180 valence electrons. The van der Waals surface area contributed by atoms with Crippen LogP contribution >= 0.6 is 0 Å². The van der Waals surface area contributed by atoms with Crippen LogP contribution < -0.4 is 5.32 Å². The van der Waals surface area contributed by atoms with Crippen molar-refractivity contribution in [2.24, 2.45) is 29.1 Å². The molecule has 7 atom stereocenters. The number of nitriles is 1. The number of amides is 2. The summed E-state index contributed by atoms with van der Waals surface area (Å²) >= 11 is 0. The Bertz CT molecular complexity index is 889. The Morgan fingerprint density at radius 2 is 1.82 bits per heavy atom. The summed E-state index contributed by atoms with van der Waals surface area (Å²) in [5, 5.41) is 23.7. The number of nitrogens with one attached hydrogen (secondary N) is 1. The summed E-state index contributed by atoms with van der Waals surface area (Å²) in [5.74, 6) is -0.173. The minimum atomic E-state index is -0.567. The number of carbonyl (C=O) groups excluding carboxylic acids is 2. The molecule has 2 aliphatic rings. The van der Waals surface area contributed by atoms with Gasteiger partial charge in [0.2, 0.25) is 5.91 Å². The second kappa shape index (κ2) is 10.3. The third-order valence-corrected chi connectivity index (χ3v) is 8.59. The molecule has 33 heavy (non-hydrogen) atoms. The van der Waals surface area contributed by atoms with Crippen molar-refractivity contribution >= 4 is 11.8 Å². The summed E-state index contributed by atoms with van der Waals surface area (Å²) in [5.41, 5.74) is 1.08. The van der Waals surface area contributed by atoms with Crippen LogP contribution in [0.3, 0.4) is 0 Å². The standard InChI is InChI=1S/C27H39N3O3/c1-6-30(7-2)26(33)17(3)21-12-14-27(5)15-13-22(18(4)23(27)24(21)31)29-25(32)20-10-8-19(16-28)9-11-20/h8-11,17-18,21-24,31H,6-7,12-15H2,1-5H3,(H,29,32)/t17-,18+,21-,22-,23+,24-,27+/m0/s1. The van der Waals surface area contributed by atoms with E-state index in [0.29, 0.717) is 24.2 Å². The minimum absolute atomic E-state index is 0.0168. The number of hydrogen-bond donors (Lipinski definition) is 2. The number of benzene rings is 1. The lowest BCUT2D eigenvalue weighted by atomic mass is 9.51. The van der Waals surface area contributed by atoms with Gasteiger partial charge in [-0.15, -0.1) is 0 Å². The zero-order valence-electron chi connectivity index (χ0n) is 20.7. The van der Waals surface area contributed by atoms with E-state index in [1.165, 1.54) is 0 Å². The normalized spacial score (nSPS) is 32.2. The molecule has 1 aromatic carbocycles. The van der Waals surface area contributed by atoms with E-state index in [0.717, 1.165) is 25.7 Å². The highest BCUT2D eigenvalue weighted by Gasteiger charge is 2.54. The van der Waals surface area contributed by atoms with E-state index in [1.54, 1.807) is 24.3 Å². The van der Waals surface area contributed by atoms with E-state index in [4.69, 9.17) is 5.26 Å². The smallest absolute Gasteiger partial charge is 0.251 e. The molecule has 0 unspecified atom stereocenters. The fourth-order valence-corrected chi connectivity index (χ4v) is 6.45. The van der Waals surface area contributed by atoms with Crippen molar-refractivity contribution in [2.75, 3.05) is 13.1 Å². The van der Waals surface area contributed by atoms with Crippen LogP contribution in [0.15, 0.2) is 24.3 Å². The van der Waals surface area contributed by atoms with Crippen molar-refractivity contribution in [3.63, 3.8) is 0 Å². The van der Waals surface area contributed by atoms with Gasteiger partial charge in [-0.3, -0.25) is 9.59 Å². The van der Waals surface area contributed by atoms with Crippen molar-refractivity contribution in [3.8, 4) is 6.07 Å². The van der Waals surface area contributed by atoms with E-state index in [-0.39, 0.29) is 46.9 Å². The summed E-state index contributed by atoms with van der Waals surface area (Å²) in [4.78, 5) is 27.8. The van der Waals surface area contributed by atoms with Gasteiger partial charge in [0.05, 0.1) is 17.7 Å². The van der Waals surface area contributed by atoms with Gasteiger partial charge in [-0.25, -0.2) is 0 Å². The molecule has 0 bridgehead atoms. The first-order chi connectivity index (χ1) is 15.7. The number of hydrogen-bond acceptors (Lipinski definition) is 4. The second-order valence-corrected chi connectivity index (χ2v) is 10.3. The molecule has 6 nitrogen and oxygen atoms in total. The monoisotopic (exact) mass is 453 g/mol. The van der Waals surface area contributed by atoms with Crippen LogP contribution in [0.4, 0.5) is 0 Å². The van der Waals surface area contributed by atoms with Gasteiger partial charge in [0.1, 0.15) is 0 Å². The van der Waals surface area contributed by atoms with E-state index in [1.807, 2.05) is 25.7 Å². The van der Waals surface area contributed by atoms with E-state index >= 15 is 0 Å². The first-order valence-corrected chi connectivity index (χ1v) is 12.4. The van der Waals surface area contributed by atoms with Gasteiger partial charge in [0.25, 0.3) is 5.91 Å². The molecule has 1 aromatic rings. The van der Waals surface area contributed by atoms with Crippen LogP contribution in [-0.4, -0.2) is 47.1 Å². The van der Waals surface area contributed by atoms with E-state index < -0.39 is 6.10 Å². The summed E-state index contributed by atoms with van der Waals surface area (Å²) in [6, 6.07) is 8.70. The topological polar surface area (TPSA) is 93.4 Å². The average Bonchev–Trinajstić information content (AvgIpc) is 2.81. The molecule has 0 aromatic heterocycles. The lowest BCUT2D eigenvalue weighted by Gasteiger charge is -2.56. The molecule has 2 fully saturated rings. The van der Waals surface area contributed by atoms with Gasteiger partial charge in [-0.05, 0) is 87.0 Å². The fourth-order valence-electron chi connectivity index (χ4n) is 6.45. The quantitative estimate of drug-likeness (QED) is 0.681. The molecule has 0 aliphatic heterocycles. The molecular formula is C27H39N3O3. The molecule has 3 rings (SSSR count). The highest BCUT2D eigenvalue weighted by molar-refractivity contribution is 5.94. The van der Waals surface area contributed by atoms with Gasteiger partial charge in [0, 0.05) is 30.6 Å². The minimum Gasteiger partial charge on any atom is -0.392 e. The number of fused-ring (bicyclic) bond motifs is 1. The van der Waals surface area contributed by atoms with E-state index in [9.17, 15) is 14.7 Å². The first kappa shape index (κ1) is 25.2. The van der Waals surface area contributed by atoms with Crippen LogP contribution in [0.1, 0.15) is 76.2 Å². The zero-order chi connectivity index (χ0) is 24.3. The Morgan fingerprint density at radius 1 is 1.21 bits per heavy atom.